The van der Waals surface area contributed by atoms with Gasteiger partial charge in [-0.3, -0.25) is 9.59 Å². The largest absolute Gasteiger partial charge is 0.388 e. The van der Waals surface area contributed by atoms with Crippen LogP contribution in [0.3, 0.4) is 0 Å². The monoisotopic (exact) mass is 758 g/mol. The average Bonchev–Trinajstić information content (AvgIpc) is 3.95. The molecular formula is C39H50Cl2F2N6O3. The Morgan fingerprint density at radius 3 is 2.23 bits per heavy atom. The minimum atomic E-state index is -2.73. The average molecular weight is 760 g/mol. The molecule has 1 saturated heterocycles. The number of nitrogens with zero attached hydrogens (tertiary/aromatic N) is 3. The Bertz CT molecular complexity index is 1890. The summed E-state index contributed by atoms with van der Waals surface area (Å²) in [5.74, 6) is -2.12. The van der Waals surface area contributed by atoms with E-state index in [1.807, 2.05) is 37.5 Å². The molecule has 4 N–H and O–H groups in total. The second-order valence-electron chi connectivity index (χ2n) is 17.3. The lowest BCUT2D eigenvalue weighted by Gasteiger charge is -2.33. The van der Waals surface area contributed by atoms with Crippen molar-refractivity contribution >= 4 is 63.4 Å². The molecule has 2 amide bonds. The molecule has 0 radical (unpaired) electrons. The number of halogens is 4. The van der Waals surface area contributed by atoms with Crippen molar-refractivity contribution in [2.24, 2.45) is 23.2 Å². The molecule has 3 saturated carbocycles. The maximum atomic E-state index is 14.1. The molecule has 9 nitrogen and oxygen atoms in total. The zero-order chi connectivity index (χ0) is 37.5. The van der Waals surface area contributed by atoms with Gasteiger partial charge in [-0.25, -0.2) is 13.8 Å². The molecule has 4 fully saturated rings. The predicted molar refractivity (Wildman–Crippen MR) is 202 cm³/mol. The van der Waals surface area contributed by atoms with Gasteiger partial charge >= 0.3 is 0 Å². The first-order valence-corrected chi connectivity index (χ1v) is 19.3. The Morgan fingerprint density at radius 2 is 1.65 bits per heavy atom. The number of hydrogen-bond acceptors (Lipinski definition) is 6. The molecule has 2 heterocycles. The van der Waals surface area contributed by atoms with Crippen molar-refractivity contribution in [1.82, 2.24) is 20.2 Å². The zero-order valence-corrected chi connectivity index (χ0v) is 32.3. The molecular weight excluding hydrogens is 709 g/mol. The number of nitrogens with one attached hydrogen (secondary N) is 3. The molecule has 7 rings (SSSR count). The summed E-state index contributed by atoms with van der Waals surface area (Å²) in [5, 5.41) is 21.8. The van der Waals surface area contributed by atoms with Gasteiger partial charge in [-0.05, 0) is 101 Å². The van der Waals surface area contributed by atoms with Crippen LogP contribution in [-0.2, 0) is 16.9 Å². The third-order valence-electron chi connectivity index (χ3n) is 11.9. The van der Waals surface area contributed by atoms with Gasteiger partial charge in [-0.2, -0.15) is 0 Å². The fraction of sp³-hybridized carbons (Fsp3) is 0.615. The van der Waals surface area contributed by atoms with Crippen molar-refractivity contribution in [2.75, 3.05) is 23.3 Å². The van der Waals surface area contributed by atoms with Crippen molar-refractivity contribution in [3.8, 4) is 0 Å². The molecule has 3 aromatic rings. The summed E-state index contributed by atoms with van der Waals surface area (Å²) in [5.41, 5.74) is 1.33. The van der Waals surface area contributed by atoms with Crippen molar-refractivity contribution in [1.29, 1.82) is 0 Å². The van der Waals surface area contributed by atoms with Gasteiger partial charge < -0.3 is 30.5 Å². The van der Waals surface area contributed by atoms with Gasteiger partial charge in [0.05, 0.1) is 49.2 Å². The zero-order valence-electron chi connectivity index (χ0n) is 30.8. The predicted octanol–water partition coefficient (Wildman–Crippen LogP) is 8.41. The van der Waals surface area contributed by atoms with E-state index in [4.69, 9.17) is 28.2 Å². The van der Waals surface area contributed by atoms with E-state index >= 15 is 0 Å². The number of imidazole rings is 1. The first-order chi connectivity index (χ1) is 24.3. The van der Waals surface area contributed by atoms with E-state index in [1.54, 1.807) is 26.0 Å². The number of carbonyl (C=O) groups excluding carboxylic acids is 2. The summed E-state index contributed by atoms with van der Waals surface area (Å²) in [6.07, 6.45) is 4.35. The fourth-order valence-corrected chi connectivity index (χ4v) is 8.83. The van der Waals surface area contributed by atoms with Gasteiger partial charge in [0.2, 0.25) is 17.8 Å². The molecule has 1 aliphatic heterocycles. The maximum absolute atomic E-state index is 14.1. The Kier molecular flexibility index (Phi) is 9.30. The van der Waals surface area contributed by atoms with Gasteiger partial charge in [-0.15, -0.1) is 0 Å². The quantitative estimate of drug-likeness (QED) is 0.165. The van der Waals surface area contributed by atoms with E-state index in [0.29, 0.717) is 88.7 Å². The van der Waals surface area contributed by atoms with Crippen LogP contribution < -0.4 is 20.9 Å². The molecule has 13 heteroatoms. The molecule has 2 unspecified atom stereocenters. The van der Waals surface area contributed by atoms with Crippen molar-refractivity contribution in [3.63, 3.8) is 0 Å². The number of hydrogen-bond donors (Lipinski definition) is 4. The Hall–Kier alpha value is -3.15. The van der Waals surface area contributed by atoms with Crippen LogP contribution >= 0.6 is 23.2 Å². The van der Waals surface area contributed by atoms with Gasteiger partial charge in [0, 0.05) is 37.0 Å². The number of carbonyl (C=O) groups is 2. The summed E-state index contributed by atoms with van der Waals surface area (Å²) < 4.78 is 30.1. The van der Waals surface area contributed by atoms with Crippen LogP contribution in [-0.4, -0.2) is 57.1 Å². The Morgan fingerprint density at radius 1 is 1.00 bits per heavy atom. The lowest BCUT2D eigenvalue weighted by atomic mass is 9.82. The number of aliphatic hydroxyl groups is 1. The minimum absolute atomic E-state index is 0.114. The molecule has 2 atom stereocenters. The number of aromatic nitrogens is 2. The molecule has 2 aromatic carbocycles. The standard InChI is InChI=1S/C39H50Cl2F2N6O3/c1-36(2,3)34(51)44-18-21-7-12-27(40)32(31(21)41)47-35-46-28-16-26(33(50)45-25-10-8-24(9-11-25)38(6,42)43)29(48-19-22-15-23(22)20-48)17-30(28)49(35)39(13-14-39)37(4,5)52/h7,12,16-17,22-25,52H,8-11,13-15,18-20H2,1-6H3,(H,44,51)(H,45,50)(H,46,47). The summed E-state index contributed by atoms with van der Waals surface area (Å²) in [7, 11) is 0. The second-order valence-corrected chi connectivity index (χ2v) is 18.1. The van der Waals surface area contributed by atoms with Crippen LogP contribution in [0.5, 0.6) is 0 Å². The number of alkyl halides is 2. The van der Waals surface area contributed by atoms with E-state index in [2.05, 4.69) is 20.9 Å². The van der Waals surface area contributed by atoms with Gasteiger partial charge in [0.25, 0.3) is 5.91 Å². The molecule has 52 heavy (non-hydrogen) atoms. The fourth-order valence-electron chi connectivity index (χ4n) is 8.30. The minimum Gasteiger partial charge on any atom is -0.388 e. The summed E-state index contributed by atoms with van der Waals surface area (Å²) in [4.78, 5) is 34.1. The molecule has 282 valence electrons. The van der Waals surface area contributed by atoms with Crippen molar-refractivity contribution in [3.05, 3.63) is 45.4 Å². The number of benzene rings is 2. The smallest absolute Gasteiger partial charge is 0.253 e. The Balaban J connectivity index is 1.27. The Labute approximate surface area is 314 Å². The topological polar surface area (TPSA) is 112 Å². The SMILES string of the molecule is CC(C)(C)C(=O)NCc1ccc(Cl)c(Nc2nc3cc(C(=O)NC4CCC(C(C)(F)F)CC4)c(N4CC5CC5C4)cc3n2C2(C(C)(C)O)CC2)c1Cl. The first kappa shape index (κ1) is 37.2. The van der Waals surface area contributed by atoms with E-state index in [-0.39, 0.29) is 24.4 Å². The normalized spacial score (nSPS) is 24.1. The third kappa shape index (κ3) is 6.97. The highest BCUT2D eigenvalue weighted by atomic mass is 35.5. The number of fused-ring (bicyclic) bond motifs is 2. The van der Waals surface area contributed by atoms with Crippen LogP contribution in [0.1, 0.15) is 102 Å². The van der Waals surface area contributed by atoms with E-state index in [9.17, 15) is 23.5 Å². The van der Waals surface area contributed by atoms with Crippen molar-refractivity contribution < 1.29 is 23.5 Å². The lowest BCUT2D eigenvalue weighted by Crippen LogP contribution is -2.41. The highest BCUT2D eigenvalue weighted by Crippen LogP contribution is 2.56. The van der Waals surface area contributed by atoms with E-state index in [0.717, 1.165) is 31.2 Å². The third-order valence-corrected chi connectivity index (χ3v) is 12.7. The van der Waals surface area contributed by atoms with Crippen LogP contribution in [0, 0.1) is 23.2 Å². The van der Waals surface area contributed by atoms with E-state index in [1.165, 1.54) is 6.42 Å². The lowest BCUT2D eigenvalue weighted by molar-refractivity contribution is -0.128. The van der Waals surface area contributed by atoms with Crippen LogP contribution in [0.4, 0.5) is 26.1 Å². The molecule has 0 bridgehead atoms. The molecule has 3 aliphatic carbocycles. The van der Waals surface area contributed by atoms with Crippen molar-refractivity contribution in [2.45, 2.75) is 116 Å². The summed E-state index contributed by atoms with van der Waals surface area (Å²) >= 11 is 13.7. The van der Waals surface area contributed by atoms with Gasteiger partial charge in [0.15, 0.2) is 0 Å². The molecule has 1 aromatic heterocycles. The highest BCUT2D eigenvalue weighted by Gasteiger charge is 2.57. The first-order valence-electron chi connectivity index (χ1n) is 18.5. The maximum Gasteiger partial charge on any atom is 0.253 e. The number of amides is 2. The van der Waals surface area contributed by atoms with Gasteiger partial charge in [-0.1, -0.05) is 50.0 Å². The number of piperidine rings is 1. The number of rotatable bonds is 10. The van der Waals surface area contributed by atoms with E-state index < -0.39 is 28.4 Å². The summed E-state index contributed by atoms with van der Waals surface area (Å²) in [6, 6.07) is 7.15. The number of anilines is 3. The second kappa shape index (κ2) is 13.0. The van der Waals surface area contributed by atoms with Crippen LogP contribution in [0.25, 0.3) is 11.0 Å². The van der Waals surface area contributed by atoms with Gasteiger partial charge in [0.1, 0.15) is 0 Å². The molecule has 4 aliphatic rings. The van der Waals surface area contributed by atoms with Crippen LogP contribution in [0.15, 0.2) is 24.3 Å². The summed E-state index contributed by atoms with van der Waals surface area (Å²) in [6.45, 7) is 12.0. The highest BCUT2D eigenvalue weighted by molar-refractivity contribution is 6.39. The molecule has 0 spiro atoms. The van der Waals surface area contributed by atoms with Crippen LogP contribution in [0.2, 0.25) is 10.0 Å².